The van der Waals surface area contributed by atoms with E-state index in [-0.39, 0.29) is 85.4 Å². The van der Waals surface area contributed by atoms with Gasteiger partial charge in [-0.1, -0.05) is 0 Å². The molecule has 7 heavy (non-hydrogen) atoms. The predicted octanol–water partition coefficient (Wildman–Crippen LogP) is -3.74. The molecule has 0 unspecified atom stereocenters. The van der Waals surface area contributed by atoms with Crippen molar-refractivity contribution < 1.29 is 59.2 Å². The first kappa shape index (κ1) is 16.5. The molecule has 0 rings (SSSR count). The molecule has 0 N–H and O–H groups in total. The van der Waals surface area contributed by atoms with E-state index in [1.165, 1.54) is 0 Å². The standard InChI is InChI=1S/Gd.H3O4P.Sr.2H/c;1-5(2,3)4;;;/h;(H3,1,2,3,4);;;/q+3;;;;/p-3. The van der Waals surface area contributed by atoms with Crippen LogP contribution in [0.3, 0.4) is 0 Å². The fourth-order valence-corrected chi connectivity index (χ4v) is 0. The zero-order chi connectivity index (χ0) is 4.50. The monoisotopic (exact) mass is 343 g/mol. The van der Waals surface area contributed by atoms with Crippen molar-refractivity contribution in [2.24, 2.45) is 0 Å². The summed E-state index contributed by atoms with van der Waals surface area (Å²) in [7, 11) is -5.39. The molecule has 0 aromatic rings. The van der Waals surface area contributed by atoms with Gasteiger partial charge in [0.05, 0.1) is 0 Å². The van der Waals surface area contributed by atoms with E-state index in [4.69, 9.17) is 19.2 Å². The van der Waals surface area contributed by atoms with Crippen LogP contribution in [0, 0.1) is 39.9 Å². The summed E-state index contributed by atoms with van der Waals surface area (Å²) >= 11 is 0. The fraction of sp³-hybridized carbons (Fsp3) is 0. The minimum atomic E-state index is -5.39. The summed E-state index contributed by atoms with van der Waals surface area (Å²) < 4.78 is 8.55. The van der Waals surface area contributed by atoms with Crippen molar-refractivity contribution in [3.8, 4) is 0 Å². The van der Waals surface area contributed by atoms with Crippen molar-refractivity contribution in [1.29, 1.82) is 0 Å². The minimum absolute atomic E-state index is 0. The van der Waals surface area contributed by atoms with E-state index in [1.54, 1.807) is 0 Å². The van der Waals surface area contributed by atoms with Gasteiger partial charge in [-0.05, 0) is 0 Å². The number of hydrogen-bond acceptors (Lipinski definition) is 4. The zero-order valence-electron chi connectivity index (χ0n) is 2.43. The Morgan fingerprint density at radius 2 is 1.14 bits per heavy atom. The number of hydrogen-bond donors (Lipinski definition) is 0. The van der Waals surface area contributed by atoms with Gasteiger partial charge < -0.3 is 19.2 Å². The first-order valence-electron chi connectivity index (χ1n) is 0.730. The van der Waals surface area contributed by atoms with Crippen LogP contribution in [0.4, 0.5) is 0 Å². The topological polar surface area (TPSA) is 86.2 Å². The Bertz CT molecular complexity index is 57.8. The van der Waals surface area contributed by atoms with Crippen molar-refractivity contribution in [2.75, 3.05) is 0 Å². The summed E-state index contributed by atoms with van der Waals surface area (Å²) in [6, 6.07) is 0. The Hall–Kier alpha value is 2.92. The van der Waals surface area contributed by atoms with Gasteiger partial charge in [0.15, 0.2) is 0 Å². The Balaban J connectivity index is -0.0000000800. The van der Waals surface area contributed by atoms with Gasteiger partial charge in [-0.3, -0.25) is 0 Å². The number of rotatable bonds is 0. The van der Waals surface area contributed by atoms with Gasteiger partial charge in [0.2, 0.25) is 0 Å². The van der Waals surface area contributed by atoms with Crippen LogP contribution in [0.2, 0.25) is 0 Å². The Labute approximate surface area is 110 Å². The van der Waals surface area contributed by atoms with Gasteiger partial charge >= 0.3 is 85.4 Å². The zero-order valence-corrected chi connectivity index (χ0v) is 5.60. The summed E-state index contributed by atoms with van der Waals surface area (Å²) in [5.41, 5.74) is 0. The maximum atomic E-state index is 8.55. The molecule has 1 radical (unpaired) electrons. The summed E-state index contributed by atoms with van der Waals surface area (Å²) in [5.74, 6) is 0. The molecule has 0 aliphatic carbocycles. The Morgan fingerprint density at radius 1 is 1.14 bits per heavy atom. The molecule has 7 heteroatoms. The summed E-state index contributed by atoms with van der Waals surface area (Å²) in [5, 5.41) is 0. The van der Waals surface area contributed by atoms with Crippen molar-refractivity contribution in [3.05, 3.63) is 0 Å². The first-order valence-corrected chi connectivity index (χ1v) is 2.19. The molecule has 0 aromatic carbocycles. The normalized spacial score (nSPS) is 8.43. The molecule has 4 nitrogen and oxygen atoms in total. The average Bonchev–Trinajstić information content (AvgIpc) is 0.722. The Kier molecular flexibility index (Phi) is 16.5. The van der Waals surface area contributed by atoms with Crippen LogP contribution in [0.25, 0.3) is 0 Å². The molecule has 0 saturated heterocycles. The van der Waals surface area contributed by atoms with Crippen LogP contribution in [0.15, 0.2) is 0 Å². The molecule has 0 saturated carbocycles. The van der Waals surface area contributed by atoms with Crippen LogP contribution in [0.1, 0.15) is 0 Å². The second-order valence-corrected chi connectivity index (χ2v) is 1.34. The molecule has 0 amide bonds. The van der Waals surface area contributed by atoms with Gasteiger partial charge in [0, 0.05) is 0 Å². The third-order valence-electron chi connectivity index (χ3n) is 0. The van der Waals surface area contributed by atoms with Crippen LogP contribution in [-0.2, 0) is 4.57 Å². The van der Waals surface area contributed by atoms with E-state index in [9.17, 15) is 0 Å². The summed E-state index contributed by atoms with van der Waals surface area (Å²) in [4.78, 5) is 25.6. The third-order valence-corrected chi connectivity index (χ3v) is 0. The molecule has 0 spiro atoms. The van der Waals surface area contributed by atoms with Crippen LogP contribution < -0.4 is 14.7 Å². The van der Waals surface area contributed by atoms with Gasteiger partial charge in [0.25, 0.3) is 0 Å². The van der Waals surface area contributed by atoms with Crippen molar-refractivity contribution >= 4 is 53.3 Å². The molecule has 0 aliphatic rings. The molecule has 0 aliphatic heterocycles. The average molecular weight is 342 g/mol. The molecule has 0 heterocycles. The second-order valence-electron chi connectivity index (χ2n) is 0.447. The van der Waals surface area contributed by atoms with E-state index in [1.807, 2.05) is 0 Å². The number of phosphoric acid groups is 1. The van der Waals surface area contributed by atoms with E-state index < -0.39 is 7.82 Å². The van der Waals surface area contributed by atoms with Crippen molar-refractivity contribution in [1.82, 2.24) is 0 Å². The van der Waals surface area contributed by atoms with Crippen molar-refractivity contribution in [2.45, 2.75) is 0 Å². The van der Waals surface area contributed by atoms with Gasteiger partial charge in [-0.15, -0.1) is 0 Å². The molecule has 41 valence electrons. The quantitative estimate of drug-likeness (QED) is 0.335. The molecular weight excluding hydrogens is 340 g/mol. The van der Waals surface area contributed by atoms with E-state index in [0.717, 1.165) is 0 Å². The van der Waals surface area contributed by atoms with Crippen LogP contribution in [-0.4, -0.2) is 45.5 Å². The first-order chi connectivity index (χ1) is 2.00. The molecule has 0 aromatic heterocycles. The summed E-state index contributed by atoms with van der Waals surface area (Å²) in [6.45, 7) is 0. The van der Waals surface area contributed by atoms with E-state index >= 15 is 0 Å². The van der Waals surface area contributed by atoms with Gasteiger partial charge in [-0.25, -0.2) is 0 Å². The molecular formula is H2GdO4PSr. The molecule has 0 bridgehead atoms. The van der Waals surface area contributed by atoms with Gasteiger partial charge in [0.1, 0.15) is 0 Å². The Morgan fingerprint density at radius 3 is 1.14 bits per heavy atom. The van der Waals surface area contributed by atoms with E-state index in [2.05, 4.69) is 0 Å². The SMILES string of the molecule is O=P([O-])([O-])[O-].[Gd+3].[SrH2]. The van der Waals surface area contributed by atoms with E-state index in [0.29, 0.717) is 0 Å². The van der Waals surface area contributed by atoms with Gasteiger partial charge in [-0.2, -0.15) is 7.82 Å². The molecule has 0 fully saturated rings. The third kappa shape index (κ3) is 50.2. The second kappa shape index (κ2) is 7.03. The van der Waals surface area contributed by atoms with Crippen molar-refractivity contribution in [3.63, 3.8) is 0 Å². The predicted molar refractivity (Wildman–Crippen MR) is 16.2 cm³/mol. The fourth-order valence-electron chi connectivity index (χ4n) is 0. The summed E-state index contributed by atoms with van der Waals surface area (Å²) in [6.07, 6.45) is 0. The van der Waals surface area contributed by atoms with Crippen LogP contribution >= 0.6 is 7.82 Å². The molecule has 0 atom stereocenters. The maximum absolute atomic E-state index is 8.55. The van der Waals surface area contributed by atoms with Crippen LogP contribution in [0.5, 0.6) is 0 Å².